The van der Waals surface area contributed by atoms with Crippen molar-refractivity contribution in [3.8, 4) is 5.75 Å². The fourth-order valence-electron chi connectivity index (χ4n) is 1.65. The number of hydrogen-bond acceptors (Lipinski definition) is 3. The zero-order chi connectivity index (χ0) is 14.5. The molecule has 1 aromatic heterocycles. The van der Waals surface area contributed by atoms with Crippen molar-refractivity contribution in [1.82, 2.24) is 4.98 Å². The first-order chi connectivity index (χ1) is 9.56. The van der Waals surface area contributed by atoms with Crippen molar-refractivity contribution in [2.24, 2.45) is 0 Å². The number of aromatic nitrogens is 1. The summed E-state index contributed by atoms with van der Waals surface area (Å²) in [6, 6.07) is 8.12. The van der Waals surface area contributed by atoms with E-state index in [1.165, 1.54) is 12.3 Å². The van der Waals surface area contributed by atoms with Crippen LogP contribution in [-0.4, -0.2) is 17.5 Å². The molecular formula is C14H13ClN2O3. The number of nitrogens with one attached hydrogen (secondary N) is 2. The molecule has 0 aliphatic rings. The van der Waals surface area contributed by atoms with Crippen molar-refractivity contribution >= 4 is 23.2 Å². The van der Waals surface area contributed by atoms with E-state index >= 15 is 0 Å². The number of carbonyl (C=O) groups is 1. The maximum absolute atomic E-state index is 11.7. The summed E-state index contributed by atoms with van der Waals surface area (Å²) in [5, 5.41) is 3.16. The van der Waals surface area contributed by atoms with Crippen LogP contribution in [-0.2, 0) is 4.79 Å². The Hall–Kier alpha value is -2.27. The summed E-state index contributed by atoms with van der Waals surface area (Å²) in [4.78, 5) is 26.1. The molecule has 5 nitrogen and oxygen atoms in total. The fourth-order valence-corrected chi connectivity index (χ4v) is 1.84. The van der Waals surface area contributed by atoms with E-state index in [0.717, 1.165) is 0 Å². The Morgan fingerprint density at radius 1 is 1.40 bits per heavy atom. The van der Waals surface area contributed by atoms with Gasteiger partial charge < -0.3 is 15.0 Å². The second-order valence-corrected chi connectivity index (χ2v) is 4.58. The Balaban J connectivity index is 1.98. The van der Waals surface area contributed by atoms with Gasteiger partial charge in [0.05, 0.1) is 5.69 Å². The van der Waals surface area contributed by atoms with Gasteiger partial charge in [0, 0.05) is 23.0 Å². The first-order valence-corrected chi connectivity index (χ1v) is 6.30. The monoisotopic (exact) mass is 292 g/mol. The lowest BCUT2D eigenvalue weighted by atomic mass is 10.3. The Morgan fingerprint density at radius 3 is 2.90 bits per heavy atom. The molecule has 104 valence electrons. The molecule has 2 aromatic rings. The highest BCUT2D eigenvalue weighted by Crippen LogP contribution is 2.15. The van der Waals surface area contributed by atoms with Crippen molar-refractivity contribution in [2.75, 3.05) is 11.9 Å². The van der Waals surface area contributed by atoms with Crippen LogP contribution >= 0.6 is 11.6 Å². The number of benzene rings is 1. The molecule has 20 heavy (non-hydrogen) atoms. The molecule has 1 aromatic carbocycles. The zero-order valence-electron chi connectivity index (χ0n) is 10.8. The number of pyridine rings is 1. The van der Waals surface area contributed by atoms with Gasteiger partial charge in [-0.05, 0) is 25.1 Å². The van der Waals surface area contributed by atoms with Gasteiger partial charge in [-0.25, -0.2) is 0 Å². The quantitative estimate of drug-likeness (QED) is 0.908. The number of H-pyrrole nitrogens is 1. The van der Waals surface area contributed by atoms with E-state index < -0.39 is 0 Å². The highest BCUT2D eigenvalue weighted by Gasteiger charge is 2.08. The summed E-state index contributed by atoms with van der Waals surface area (Å²) in [6.45, 7) is 1.45. The van der Waals surface area contributed by atoms with Gasteiger partial charge in [0.25, 0.3) is 5.91 Å². The molecule has 0 aliphatic carbocycles. The van der Waals surface area contributed by atoms with Crippen LogP contribution in [0.15, 0.2) is 41.3 Å². The average molecular weight is 293 g/mol. The predicted octanol–water partition coefficient (Wildman–Crippen LogP) is 2.35. The zero-order valence-corrected chi connectivity index (χ0v) is 11.5. The highest BCUT2D eigenvalue weighted by molar-refractivity contribution is 6.30. The Bertz CT molecular complexity index is 682. The van der Waals surface area contributed by atoms with E-state index in [9.17, 15) is 9.59 Å². The molecule has 0 unspecified atom stereocenters. The summed E-state index contributed by atoms with van der Waals surface area (Å²) in [5.41, 5.74) is 0.884. The lowest BCUT2D eigenvalue weighted by molar-refractivity contribution is -0.118. The van der Waals surface area contributed by atoms with Gasteiger partial charge in [0.15, 0.2) is 12.4 Å². The minimum Gasteiger partial charge on any atom is -0.478 e. The molecule has 0 bridgehead atoms. The number of carbonyl (C=O) groups excluding carboxylic acids is 1. The van der Waals surface area contributed by atoms with Gasteiger partial charge in [-0.2, -0.15) is 0 Å². The second kappa shape index (κ2) is 6.25. The van der Waals surface area contributed by atoms with Crippen LogP contribution in [0.2, 0.25) is 5.02 Å². The van der Waals surface area contributed by atoms with Gasteiger partial charge in [-0.15, -0.1) is 0 Å². The van der Waals surface area contributed by atoms with Crippen molar-refractivity contribution in [2.45, 2.75) is 6.92 Å². The van der Waals surface area contributed by atoms with Crippen LogP contribution < -0.4 is 15.5 Å². The second-order valence-electron chi connectivity index (χ2n) is 4.14. The molecule has 1 heterocycles. The third-order valence-electron chi connectivity index (χ3n) is 2.55. The van der Waals surface area contributed by atoms with E-state index in [0.29, 0.717) is 16.4 Å². The smallest absolute Gasteiger partial charge is 0.262 e. The van der Waals surface area contributed by atoms with E-state index in [1.54, 1.807) is 31.2 Å². The van der Waals surface area contributed by atoms with Crippen LogP contribution in [0.4, 0.5) is 5.69 Å². The number of amides is 1. The fraction of sp³-hybridized carbons (Fsp3) is 0.143. The SMILES string of the molecule is Cc1[nH]ccc(=O)c1OCC(=O)Nc1cccc(Cl)c1. The lowest BCUT2D eigenvalue weighted by Gasteiger charge is -2.08. The predicted molar refractivity (Wildman–Crippen MR) is 77.4 cm³/mol. The van der Waals surface area contributed by atoms with E-state index in [4.69, 9.17) is 16.3 Å². The highest BCUT2D eigenvalue weighted by atomic mass is 35.5. The third kappa shape index (κ3) is 3.61. The third-order valence-corrected chi connectivity index (χ3v) is 2.79. The Labute approximate surface area is 120 Å². The van der Waals surface area contributed by atoms with Crippen molar-refractivity contribution in [1.29, 1.82) is 0 Å². The van der Waals surface area contributed by atoms with E-state index in [-0.39, 0.29) is 23.7 Å². The van der Waals surface area contributed by atoms with Crippen LogP contribution in [0.5, 0.6) is 5.75 Å². The largest absolute Gasteiger partial charge is 0.478 e. The average Bonchev–Trinajstić information content (AvgIpc) is 2.38. The molecule has 0 atom stereocenters. The number of rotatable bonds is 4. The summed E-state index contributed by atoms with van der Waals surface area (Å²) >= 11 is 5.81. The molecule has 0 spiro atoms. The lowest BCUT2D eigenvalue weighted by Crippen LogP contribution is -2.22. The molecule has 0 saturated heterocycles. The number of anilines is 1. The molecule has 2 rings (SSSR count). The number of aryl methyl sites for hydroxylation is 1. The summed E-state index contributed by atoms with van der Waals surface area (Å²) in [5.74, 6) is -0.219. The first kappa shape index (κ1) is 14.1. The Morgan fingerprint density at radius 2 is 2.20 bits per heavy atom. The van der Waals surface area contributed by atoms with Crippen LogP contribution in [0.1, 0.15) is 5.69 Å². The van der Waals surface area contributed by atoms with Gasteiger partial charge in [-0.3, -0.25) is 9.59 Å². The normalized spacial score (nSPS) is 10.1. The van der Waals surface area contributed by atoms with E-state index in [1.807, 2.05) is 0 Å². The minimum absolute atomic E-state index is 0.147. The van der Waals surface area contributed by atoms with Crippen LogP contribution in [0.3, 0.4) is 0 Å². The molecule has 0 radical (unpaired) electrons. The summed E-state index contributed by atoms with van der Waals surface area (Å²) in [6.07, 6.45) is 1.52. The summed E-state index contributed by atoms with van der Waals surface area (Å²) in [7, 11) is 0. The molecule has 6 heteroatoms. The number of halogens is 1. The maximum Gasteiger partial charge on any atom is 0.262 e. The number of hydrogen-bond donors (Lipinski definition) is 2. The topological polar surface area (TPSA) is 71.2 Å². The van der Waals surface area contributed by atoms with Gasteiger partial charge in [0.2, 0.25) is 5.43 Å². The molecular weight excluding hydrogens is 280 g/mol. The molecule has 2 N–H and O–H groups in total. The maximum atomic E-state index is 11.7. The molecule has 1 amide bonds. The van der Waals surface area contributed by atoms with Crippen molar-refractivity contribution in [3.63, 3.8) is 0 Å². The first-order valence-electron chi connectivity index (χ1n) is 5.93. The standard InChI is InChI=1S/C14H13ClN2O3/c1-9-14(12(18)5-6-16-9)20-8-13(19)17-11-4-2-3-10(15)7-11/h2-7H,8H2,1H3,(H,16,18)(H,17,19). The van der Waals surface area contributed by atoms with E-state index in [2.05, 4.69) is 10.3 Å². The number of aromatic amines is 1. The number of ether oxygens (including phenoxy) is 1. The Kier molecular flexibility index (Phi) is 4.42. The van der Waals surface area contributed by atoms with Gasteiger partial charge in [0.1, 0.15) is 0 Å². The van der Waals surface area contributed by atoms with Gasteiger partial charge >= 0.3 is 0 Å². The van der Waals surface area contributed by atoms with Crippen LogP contribution in [0, 0.1) is 6.92 Å². The molecule has 0 fully saturated rings. The van der Waals surface area contributed by atoms with Crippen molar-refractivity contribution in [3.05, 3.63) is 57.5 Å². The van der Waals surface area contributed by atoms with Crippen LogP contribution in [0.25, 0.3) is 0 Å². The van der Waals surface area contributed by atoms with Gasteiger partial charge in [-0.1, -0.05) is 17.7 Å². The molecule has 0 saturated carbocycles. The summed E-state index contributed by atoms with van der Waals surface area (Å²) < 4.78 is 5.24. The molecule has 0 aliphatic heterocycles. The van der Waals surface area contributed by atoms with Crippen molar-refractivity contribution < 1.29 is 9.53 Å². The minimum atomic E-state index is -0.366.